The molecule has 18 heavy (non-hydrogen) atoms. The first-order valence-electron chi connectivity index (χ1n) is 5.52. The van der Waals surface area contributed by atoms with E-state index in [9.17, 15) is 8.42 Å². The van der Waals surface area contributed by atoms with Crippen molar-refractivity contribution in [2.75, 3.05) is 16.4 Å². The number of thiocarbonyl (C=S) groups is 1. The first kappa shape index (κ1) is 12.4. The summed E-state index contributed by atoms with van der Waals surface area (Å²) in [7, 11) is -2.96. The largest absolute Gasteiger partial charge is 0.356 e. The Morgan fingerprint density at radius 3 is 2.89 bits per heavy atom. The van der Waals surface area contributed by atoms with Gasteiger partial charge in [-0.1, -0.05) is 22.0 Å². The molecule has 0 bridgehead atoms. The predicted molar refractivity (Wildman–Crippen MR) is 78.6 cm³/mol. The maximum Gasteiger partial charge on any atom is 0.174 e. The molecule has 2 aliphatic heterocycles. The minimum absolute atomic E-state index is 0.0820. The summed E-state index contributed by atoms with van der Waals surface area (Å²) in [5, 5.41) is 3.71. The van der Waals surface area contributed by atoms with Crippen molar-refractivity contribution in [3.05, 3.63) is 28.7 Å². The van der Waals surface area contributed by atoms with Crippen LogP contribution in [0.15, 0.2) is 28.7 Å². The molecule has 0 unspecified atom stereocenters. The summed E-state index contributed by atoms with van der Waals surface area (Å²) in [6, 6.07) is 7.56. The molecule has 0 saturated carbocycles. The molecular weight excluding hydrogens is 336 g/mol. The zero-order valence-electron chi connectivity index (χ0n) is 9.34. The summed E-state index contributed by atoms with van der Waals surface area (Å²) in [4.78, 5) is 1.91. The van der Waals surface area contributed by atoms with Crippen molar-refractivity contribution >= 4 is 48.8 Å². The average molecular weight is 347 g/mol. The van der Waals surface area contributed by atoms with Crippen molar-refractivity contribution in [1.82, 2.24) is 5.32 Å². The fourth-order valence-electron chi connectivity index (χ4n) is 2.53. The number of anilines is 1. The third-order valence-electron chi connectivity index (χ3n) is 3.27. The lowest BCUT2D eigenvalue weighted by atomic mass is 10.1. The van der Waals surface area contributed by atoms with Crippen molar-refractivity contribution in [2.24, 2.45) is 0 Å². The molecule has 96 valence electrons. The Kier molecular flexibility index (Phi) is 2.87. The molecule has 2 aliphatic rings. The fourth-order valence-corrected chi connectivity index (χ4v) is 5.20. The SMILES string of the molecule is O=S1(=O)C[C@@H]2NC(=S)N(c3cccc(Br)c3)[C@@H]2C1. The smallest absolute Gasteiger partial charge is 0.174 e. The Morgan fingerprint density at radius 1 is 1.39 bits per heavy atom. The lowest BCUT2D eigenvalue weighted by molar-refractivity contribution is 0.600. The van der Waals surface area contributed by atoms with Gasteiger partial charge in [-0.2, -0.15) is 0 Å². The van der Waals surface area contributed by atoms with Crippen LogP contribution in [0.3, 0.4) is 0 Å². The van der Waals surface area contributed by atoms with Crippen LogP contribution >= 0.6 is 28.1 Å². The number of benzene rings is 1. The molecule has 2 heterocycles. The molecule has 7 heteroatoms. The van der Waals surface area contributed by atoms with E-state index in [0.29, 0.717) is 5.11 Å². The number of fused-ring (bicyclic) bond motifs is 1. The van der Waals surface area contributed by atoms with Crippen molar-refractivity contribution in [2.45, 2.75) is 12.1 Å². The molecular formula is C11H11BrN2O2S2. The molecule has 2 atom stereocenters. The average Bonchev–Trinajstić information content (AvgIpc) is 2.68. The third-order valence-corrected chi connectivity index (χ3v) is 5.79. The van der Waals surface area contributed by atoms with Gasteiger partial charge in [-0.05, 0) is 30.4 Å². The topological polar surface area (TPSA) is 49.4 Å². The standard InChI is InChI=1S/C11H11BrN2O2S2/c12-7-2-1-3-8(4-7)14-10-6-18(15,16)5-9(10)13-11(14)17/h1-4,9-10H,5-6H2,(H,13,17)/t9-,10+/m0/s1. The van der Waals surface area contributed by atoms with Crippen LogP contribution in [0.4, 0.5) is 5.69 Å². The van der Waals surface area contributed by atoms with E-state index in [2.05, 4.69) is 21.2 Å². The molecule has 2 fully saturated rings. The van der Waals surface area contributed by atoms with Crippen LogP contribution in [0.5, 0.6) is 0 Å². The van der Waals surface area contributed by atoms with E-state index >= 15 is 0 Å². The Labute approximate surface area is 119 Å². The van der Waals surface area contributed by atoms with E-state index in [-0.39, 0.29) is 23.6 Å². The highest BCUT2D eigenvalue weighted by Crippen LogP contribution is 2.30. The number of hydrogen-bond donors (Lipinski definition) is 1. The van der Waals surface area contributed by atoms with Crippen molar-refractivity contribution in [3.8, 4) is 0 Å². The number of nitrogens with zero attached hydrogens (tertiary/aromatic N) is 1. The highest BCUT2D eigenvalue weighted by atomic mass is 79.9. The van der Waals surface area contributed by atoms with Crippen LogP contribution in [0, 0.1) is 0 Å². The molecule has 1 N–H and O–H groups in total. The van der Waals surface area contributed by atoms with Crippen LogP contribution in [0.2, 0.25) is 0 Å². The molecule has 3 rings (SSSR count). The summed E-state index contributed by atoms with van der Waals surface area (Å²) in [5.41, 5.74) is 0.923. The van der Waals surface area contributed by atoms with Crippen LogP contribution in [0.1, 0.15) is 0 Å². The Bertz CT molecular complexity index is 617. The molecule has 0 spiro atoms. The predicted octanol–water partition coefficient (Wildman–Crippen LogP) is 1.31. The van der Waals surface area contributed by atoms with Crippen molar-refractivity contribution in [3.63, 3.8) is 0 Å². The highest BCUT2D eigenvalue weighted by molar-refractivity contribution is 9.10. The second-order valence-corrected chi connectivity index (χ2v) is 8.01. The van der Waals surface area contributed by atoms with Gasteiger partial charge in [0, 0.05) is 10.2 Å². The summed E-state index contributed by atoms with van der Waals surface area (Å²) in [6.45, 7) is 0. The van der Waals surface area contributed by atoms with Gasteiger partial charge in [0.2, 0.25) is 0 Å². The van der Waals surface area contributed by atoms with E-state index < -0.39 is 9.84 Å². The minimum Gasteiger partial charge on any atom is -0.356 e. The van der Waals surface area contributed by atoms with E-state index in [1.165, 1.54) is 0 Å². The molecule has 0 aliphatic carbocycles. The molecule has 4 nitrogen and oxygen atoms in total. The molecule has 1 aromatic rings. The van der Waals surface area contributed by atoms with Gasteiger partial charge in [0.05, 0.1) is 23.6 Å². The molecule has 2 saturated heterocycles. The summed E-state index contributed by atoms with van der Waals surface area (Å²) < 4.78 is 24.3. The molecule has 0 aromatic heterocycles. The molecule has 0 radical (unpaired) electrons. The lowest BCUT2D eigenvalue weighted by Crippen LogP contribution is -2.36. The van der Waals surface area contributed by atoms with Crippen LogP contribution in [0.25, 0.3) is 0 Å². The summed E-state index contributed by atoms with van der Waals surface area (Å²) in [5.74, 6) is 0.333. The summed E-state index contributed by atoms with van der Waals surface area (Å²) in [6.07, 6.45) is 0. The third kappa shape index (κ3) is 2.04. The number of nitrogens with one attached hydrogen (secondary N) is 1. The Morgan fingerprint density at radius 2 is 2.17 bits per heavy atom. The second kappa shape index (κ2) is 4.18. The van der Waals surface area contributed by atoms with Crippen LogP contribution in [-0.4, -0.2) is 37.1 Å². The van der Waals surface area contributed by atoms with Crippen molar-refractivity contribution in [1.29, 1.82) is 0 Å². The van der Waals surface area contributed by atoms with Crippen LogP contribution < -0.4 is 10.2 Å². The zero-order chi connectivity index (χ0) is 12.9. The van der Waals surface area contributed by atoms with Crippen molar-refractivity contribution < 1.29 is 8.42 Å². The number of sulfone groups is 1. The quantitative estimate of drug-likeness (QED) is 0.777. The summed E-state index contributed by atoms with van der Waals surface area (Å²) >= 11 is 8.72. The van der Waals surface area contributed by atoms with Gasteiger partial charge in [0.25, 0.3) is 0 Å². The Hall–Kier alpha value is -0.660. The minimum atomic E-state index is -2.96. The normalized spacial score (nSPS) is 29.2. The Balaban J connectivity index is 1.99. The first-order chi connectivity index (χ1) is 8.46. The maximum atomic E-state index is 11.7. The first-order valence-corrected chi connectivity index (χ1v) is 8.54. The van der Waals surface area contributed by atoms with E-state index in [4.69, 9.17) is 12.2 Å². The van der Waals surface area contributed by atoms with Crippen LogP contribution in [-0.2, 0) is 9.84 Å². The van der Waals surface area contributed by atoms with Gasteiger partial charge in [-0.3, -0.25) is 0 Å². The van der Waals surface area contributed by atoms with E-state index in [1.807, 2.05) is 29.2 Å². The van der Waals surface area contributed by atoms with E-state index in [1.54, 1.807) is 0 Å². The monoisotopic (exact) mass is 346 g/mol. The maximum absolute atomic E-state index is 11.7. The van der Waals surface area contributed by atoms with Gasteiger partial charge in [0.1, 0.15) is 0 Å². The number of hydrogen-bond acceptors (Lipinski definition) is 3. The van der Waals surface area contributed by atoms with Gasteiger partial charge < -0.3 is 10.2 Å². The molecule has 0 amide bonds. The van der Waals surface area contributed by atoms with E-state index in [0.717, 1.165) is 10.2 Å². The van der Waals surface area contributed by atoms with Gasteiger partial charge >= 0.3 is 0 Å². The van der Waals surface area contributed by atoms with Gasteiger partial charge in [-0.15, -0.1) is 0 Å². The van der Waals surface area contributed by atoms with Gasteiger partial charge in [0.15, 0.2) is 14.9 Å². The molecule has 1 aromatic carbocycles. The zero-order valence-corrected chi connectivity index (χ0v) is 12.6. The number of rotatable bonds is 1. The highest BCUT2D eigenvalue weighted by Gasteiger charge is 2.47. The number of halogens is 1. The second-order valence-electron chi connectivity index (χ2n) is 4.55. The lowest BCUT2D eigenvalue weighted by Gasteiger charge is -2.23. The van der Waals surface area contributed by atoms with Gasteiger partial charge in [-0.25, -0.2) is 8.42 Å². The fraction of sp³-hybridized carbons (Fsp3) is 0.364.